The third kappa shape index (κ3) is 11.1. The summed E-state index contributed by atoms with van der Waals surface area (Å²) >= 11 is 3.08. The van der Waals surface area contributed by atoms with Gasteiger partial charge in [0.15, 0.2) is 0 Å². The van der Waals surface area contributed by atoms with Crippen LogP contribution < -0.4 is 17.0 Å². The molecule has 0 aliphatic heterocycles. The zero-order valence-electron chi connectivity index (χ0n) is 16.7. The van der Waals surface area contributed by atoms with Gasteiger partial charge in [-0.25, -0.2) is 18.4 Å². The van der Waals surface area contributed by atoms with Crippen molar-refractivity contribution < 1.29 is 44.8 Å². The molecule has 0 aromatic heterocycles. The number of carbonyl (C=O) groups excluding carboxylic acids is 2. The molecule has 0 saturated carbocycles. The predicted molar refractivity (Wildman–Crippen MR) is 109 cm³/mol. The Morgan fingerprint density at radius 1 is 0.931 bits per heavy atom. The molecule has 0 saturated heterocycles. The second kappa shape index (κ2) is 17.8. The van der Waals surface area contributed by atoms with E-state index in [9.17, 15) is 18.4 Å². The van der Waals surface area contributed by atoms with Gasteiger partial charge in [0.2, 0.25) is 0 Å². The van der Waals surface area contributed by atoms with Gasteiger partial charge in [0.05, 0.1) is 25.3 Å². The van der Waals surface area contributed by atoms with E-state index < -0.39 is 23.6 Å². The molecular weight excluding hydrogens is 526 g/mol. The van der Waals surface area contributed by atoms with Crippen LogP contribution in [0, 0.1) is 18.6 Å². The van der Waals surface area contributed by atoms with Gasteiger partial charge in [-0.1, -0.05) is 28.9 Å². The average molecular weight is 549 g/mol. The smallest absolute Gasteiger partial charge is 1.00 e. The average Bonchev–Trinajstić information content (AvgIpc) is 2.68. The minimum atomic E-state index is -0.667. The van der Waals surface area contributed by atoms with Crippen LogP contribution in [0.5, 0.6) is 0 Å². The van der Waals surface area contributed by atoms with Crippen molar-refractivity contribution in [2.75, 3.05) is 14.2 Å². The van der Waals surface area contributed by atoms with Crippen LogP contribution in [0.4, 0.5) is 8.78 Å². The molecule has 2 aromatic carbocycles. The second-order valence-corrected chi connectivity index (χ2v) is 5.69. The monoisotopic (exact) mass is 546 g/mol. The summed E-state index contributed by atoms with van der Waals surface area (Å²) in [6.45, 7) is 6.92. The van der Waals surface area contributed by atoms with Gasteiger partial charge in [0.1, 0.15) is 11.6 Å². The number of halogens is 4. The van der Waals surface area contributed by atoms with E-state index in [0.29, 0.717) is 4.47 Å². The molecule has 29 heavy (non-hydrogen) atoms. The summed E-state index contributed by atoms with van der Waals surface area (Å²) in [5, 5.41) is 0. The van der Waals surface area contributed by atoms with E-state index in [1.165, 1.54) is 38.5 Å². The van der Waals surface area contributed by atoms with Crippen LogP contribution in [0.1, 0.15) is 40.1 Å². The Morgan fingerprint density at radius 3 is 1.69 bits per heavy atom. The van der Waals surface area contributed by atoms with Gasteiger partial charge in [0.25, 0.3) is 0 Å². The summed E-state index contributed by atoms with van der Waals surface area (Å²) in [4.78, 5) is 21.8. The molecular formula is C20H22Br2F2MgO4. The zero-order valence-corrected chi connectivity index (χ0v) is 21.3. The van der Waals surface area contributed by atoms with Crippen LogP contribution in [0.2, 0.25) is 0 Å². The van der Waals surface area contributed by atoms with E-state index in [1.807, 2.05) is 6.92 Å². The molecule has 9 heteroatoms. The van der Waals surface area contributed by atoms with E-state index in [0.717, 1.165) is 12.0 Å². The Hall–Kier alpha value is -1.03. The summed E-state index contributed by atoms with van der Waals surface area (Å²) < 4.78 is 35.5. The maximum Gasteiger partial charge on any atom is 2.00 e. The first-order valence-corrected chi connectivity index (χ1v) is 8.74. The van der Waals surface area contributed by atoms with Gasteiger partial charge in [-0.3, -0.25) is 0 Å². The Balaban J connectivity index is -0.000000404. The van der Waals surface area contributed by atoms with Gasteiger partial charge >= 0.3 is 35.0 Å². The molecule has 0 atom stereocenters. The zero-order chi connectivity index (χ0) is 21.0. The molecule has 0 fully saturated rings. The SMILES string of the molecule is CCc1ccc(C(=O)OC)c(F)c1.COC(=O)c1ccc(Br)cc1F.[Br-].[CH2-]C.[Mg+2]. The fraction of sp³-hybridized carbons (Fsp3) is 0.250. The van der Waals surface area contributed by atoms with Crippen molar-refractivity contribution in [3.05, 3.63) is 76.1 Å². The predicted octanol–water partition coefficient (Wildman–Crippen LogP) is 2.01. The standard InChI is InChI=1S/C10H11FO2.C8H6BrFO2.C2H5.BrH.Mg/c1-3-7-4-5-8(9(11)6-7)10(12)13-2;1-12-8(11)6-3-2-5(9)4-7(6)10;1-2;;/h4-6H,3H2,1-2H3;2-4H,1H3;1H2,2H3;1H;/q;;-1;;+2/p-1. The summed E-state index contributed by atoms with van der Waals surface area (Å²) in [6.07, 6.45) is 0.748. The molecule has 156 valence electrons. The van der Waals surface area contributed by atoms with Crippen molar-refractivity contribution in [2.45, 2.75) is 20.3 Å². The van der Waals surface area contributed by atoms with E-state index in [1.54, 1.807) is 19.1 Å². The van der Waals surface area contributed by atoms with Gasteiger partial charge in [-0.2, -0.15) is 6.92 Å². The normalized spacial score (nSPS) is 8.55. The van der Waals surface area contributed by atoms with Gasteiger partial charge in [-0.05, 0) is 42.3 Å². The van der Waals surface area contributed by atoms with E-state index in [-0.39, 0.29) is 51.2 Å². The number of aryl methyl sites for hydroxylation is 1. The minimum absolute atomic E-state index is 0. The molecule has 0 unspecified atom stereocenters. The van der Waals surface area contributed by atoms with Crippen LogP contribution in [0.3, 0.4) is 0 Å². The van der Waals surface area contributed by atoms with E-state index >= 15 is 0 Å². The Labute approximate surface area is 205 Å². The number of hydrogen-bond acceptors (Lipinski definition) is 4. The molecule has 0 amide bonds. The number of esters is 2. The molecule has 0 spiro atoms. The van der Waals surface area contributed by atoms with Crippen molar-refractivity contribution in [2.24, 2.45) is 0 Å². The van der Waals surface area contributed by atoms with Crippen molar-refractivity contribution >= 4 is 50.9 Å². The molecule has 0 N–H and O–H groups in total. The largest absolute Gasteiger partial charge is 2.00 e. The van der Waals surface area contributed by atoms with Gasteiger partial charge in [-0.15, -0.1) is 0 Å². The maximum atomic E-state index is 13.2. The molecule has 4 nitrogen and oxygen atoms in total. The third-order valence-electron chi connectivity index (χ3n) is 3.18. The van der Waals surface area contributed by atoms with Crippen molar-refractivity contribution in [3.8, 4) is 0 Å². The van der Waals surface area contributed by atoms with Crippen LogP contribution in [-0.2, 0) is 15.9 Å². The molecule has 0 aliphatic rings. The maximum absolute atomic E-state index is 13.2. The Bertz CT molecular complexity index is 774. The molecule has 0 radical (unpaired) electrons. The molecule has 0 aliphatic carbocycles. The van der Waals surface area contributed by atoms with Crippen LogP contribution in [0.25, 0.3) is 0 Å². The topological polar surface area (TPSA) is 52.6 Å². The summed E-state index contributed by atoms with van der Waals surface area (Å²) in [6, 6.07) is 8.68. The molecule has 2 rings (SSSR count). The second-order valence-electron chi connectivity index (χ2n) is 4.78. The minimum Gasteiger partial charge on any atom is -1.00 e. The fourth-order valence-corrected chi connectivity index (χ4v) is 2.15. The molecule has 2 aromatic rings. The number of rotatable bonds is 3. The summed E-state index contributed by atoms with van der Waals surface area (Å²) in [5.41, 5.74) is 0.797. The summed E-state index contributed by atoms with van der Waals surface area (Å²) in [5.74, 6) is -2.41. The molecule has 0 bridgehead atoms. The Morgan fingerprint density at radius 2 is 1.34 bits per heavy atom. The van der Waals surface area contributed by atoms with Gasteiger partial charge < -0.3 is 33.4 Å². The molecule has 0 heterocycles. The van der Waals surface area contributed by atoms with Crippen LogP contribution >= 0.6 is 15.9 Å². The van der Waals surface area contributed by atoms with Gasteiger partial charge in [0, 0.05) is 4.47 Å². The first-order valence-electron chi connectivity index (χ1n) is 7.94. The first-order chi connectivity index (χ1) is 12.8. The Kier molecular flexibility index (Phi) is 20.0. The van der Waals surface area contributed by atoms with Crippen LogP contribution in [-0.4, -0.2) is 49.2 Å². The number of methoxy groups -OCH3 is 2. The third-order valence-corrected chi connectivity index (χ3v) is 3.68. The summed E-state index contributed by atoms with van der Waals surface area (Å²) in [7, 11) is 2.44. The number of benzene rings is 2. The van der Waals surface area contributed by atoms with Crippen LogP contribution in [0.15, 0.2) is 40.9 Å². The quantitative estimate of drug-likeness (QED) is 0.335. The number of hydrogen-bond donors (Lipinski definition) is 0. The van der Waals surface area contributed by atoms with Crippen molar-refractivity contribution in [3.63, 3.8) is 0 Å². The van der Waals surface area contributed by atoms with Crippen molar-refractivity contribution in [1.82, 2.24) is 0 Å². The number of carbonyl (C=O) groups is 2. The van der Waals surface area contributed by atoms with E-state index in [4.69, 9.17) is 0 Å². The first kappa shape index (κ1) is 32.6. The fourth-order valence-electron chi connectivity index (χ4n) is 1.82. The van der Waals surface area contributed by atoms with E-state index in [2.05, 4.69) is 32.3 Å². The number of ether oxygens (including phenoxy) is 2. The van der Waals surface area contributed by atoms with Crippen molar-refractivity contribution in [1.29, 1.82) is 0 Å².